The second kappa shape index (κ2) is 14.5. The van der Waals surface area contributed by atoms with Gasteiger partial charge in [-0.25, -0.2) is 0 Å². The summed E-state index contributed by atoms with van der Waals surface area (Å²) in [4.78, 5) is 2.43. The first-order valence-electron chi connectivity index (χ1n) is 10.8. The van der Waals surface area contributed by atoms with Gasteiger partial charge < -0.3 is 5.11 Å². The van der Waals surface area contributed by atoms with E-state index in [2.05, 4.69) is 36.1 Å². The molecule has 1 aromatic carbocycles. The number of aliphatic hydroxyl groups excluding tert-OH is 1. The van der Waals surface area contributed by atoms with Crippen molar-refractivity contribution in [3.63, 3.8) is 0 Å². The number of unbranched alkanes of at least 4 members (excludes halogenated alkanes) is 8. The van der Waals surface area contributed by atoms with Crippen molar-refractivity contribution < 1.29 is 5.11 Å². The Balaban J connectivity index is 0.00000338. The summed E-state index contributed by atoms with van der Waals surface area (Å²) in [7, 11) is 0. The van der Waals surface area contributed by atoms with Gasteiger partial charge in [-0.2, -0.15) is 0 Å². The highest BCUT2D eigenvalue weighted by Gasteiger charge is 2.23. The van der Waals surface area contributed by atoms with E-state index in [1.54, 1.807) is 0 Å². The first-order valence-corrected chi connectivity index (χ1v) is 10.8. The van der Waals surface area contributed by atoms with E-state index in [0.29, 0.717) is 12.6 Å². The summed E-state index contributed by atoms with van der Waals surface area (Å²) < 4.78 is 0. The molecule has 1 fully saturated rings. The maximum Gasteiger partial charge on any atom is 0.0587 e. The minimum Gasteiger partial charge on any atom is -0.395 e. The van der Waals surface area contributed by atoms with E-state index in [4.69, 9.17) is 0 Å². The van der Waals surface area contributed by atoms with Crippen molar-refractivity contribution in [1.82, 2.24) is 4.90 Å². The summed E-state index contributed by atoms with van der Waals surface area (Å²) in [5, 5.41) is 9.43. The lowest BCUT2D eigenvalue weighted by molar-refractivity contribution is 0.153. The van der Waals surface area contributed by atoms with Gasteiger partial charge >= 0.3 is 0 Å². The first-order chi connectivity index (χ1) is 12.3. The van der Waals surface area contributed by atoms with Crippen LogP contribution in [0.25, 0.3) is 0 Å². The molecule has 1 saturated heterocycles. The predicted molar refractivity (Wildman–Crippen MR) is 115 cm³/mol. The number of rotatable bonds is 13. The third-order valence-electron chi connectivity index (χ3n) is 5.69. The normalized spacial score (nSPS) is 17.4. The topological polar surface area (TPSA) is 23.5 Å². The Morgan fingerprint density at radius 1 is 0.885 bits per heavy atom. The zero-order chi connectivity index (χ0) is 17.7. The van der Waals surface area contributed by atoms with Crippen LogP contribution in [0, 0.1) is 0 Å². The molecular weight excluding hydrogens is 342 g/mol. The highest BCUT2D eigenvalue weighted by atomic mass is 35.5. The molecule has 0 aliphatic carbocycles. The Morgan fingerprint density at radius 3 is 2.08 bits per heavy atom. The molecule has 1 atom stereocenters. The number of likely N-dealkylation sites (tertiary alicyclic amines) is 1. The van der Waals surface area contributed by atoms with Gasteiger partial charge in [0.15, 0.2) is 0 Å². The van der Waals surface area contributed by atoms with Crippen LogP contribution in [0.3, 0.4) is 0 Å². The van der Waals surface area contributed by atoms with Crippen LogP contribution in [0.2, 0.25) is 0 Å². The molecule has 1 aromatic rings. The minimum atomic E-state index is 0. The van der Waals surface area contributed by atoms with E-state index >= 15 is 0 Å². The van der Waals surface area contributed by atoms with Crippen LogP contribution in [-0.4, -0.2) is 29.2 Å². The van der Waals surface area contributed by atoms with E-state index in [1.807, 2.05) is 0 Å². The van der Waals surface area contributed by atoms with Gasteiger partial charge in [-0.3, -0.25) is 4.90 Å². The Labute approximate surface area is 167 Å². The minimum absolute atomic E-state index is 0. The van der Waals surface area contributed by atoms with E-state index in [0.717, 1.165) is 19.5 Å². The second-order valence-electron chi connectivity index (χ2n) is 7.84. The largest absolute Gasteiger partial charge is 0.395 e. The highest BCUT2D eigenvalue weighted by molar-refractivity contribution is 5.85. The lowest BCUT2D eigenvalue weighted by Gasteiger charge is -2.22. The molecule has 150 valence electrons. The average Bonchev–Trinajstić information content (AvgIpc) is 3.09. The summed E-state index contributed by atoms with van der Waals surface area (Å²) in [5.74, 6) is 0. The number of hydrogen-bond acceptors (Lipinski definition) is 2. The molecule has 0 unspecified atom stereocenters. The summed E-state index contributed by atoms with van der Waals surface area (Å²) in [5.41, 5.74) is 2.86. The number of hydrogen-bond donors (Lipinski definition) is 1. The van der Waals surface area contributed by atoms with Crippen LogP contribution in [0.5, 0.6) is 0 Å². The fourth-order valence-electron chi connectivity index (χ4n) is 4.00. The van der Waals surface area contributed by atoms with Crippen molar-refractivity contribution in [2.24, 2.45) is 0 Å². The molecular formula is C23H40ClNO. The molecule has 0 aromatic heterocycles. The fraction of sp³-hybridized carbons (Fsp3) is 0.739. The predicted octanol–water partition coefficient (Wildman–Crippen LogP) is 6.14. The number of aryl methyl sites for hydroxylation is 1. The van der Waals surface area contributed by atoms with Gasteiger partial charge in [-0.1, -0.05) is 82.6 Å². The van der Waals surface area contributed by atoms with E-state index in [1.165, 1.54) is 81.8 Å². The van der Waals surface area contributed by atoms with Crippen molar-refractivity contribution >= 4 is 12.4 Å². The van der Waals surface area contributed by atoms with Crippen molar-refractivity contribution in [2.45, 2.75) is 96.6 Å². The van der Waals surface area contributed by atoms with Crippen molar-refractivity contribution in [1.29, 1.82) is 0 Å². The fourth-order valence-corrected chi connectivity index (χ4v) is 4.00. The summed E-state index contributed by atoms with van der Waals surface area (Å²) in [6.07, 6.45) is 16.2. The zero-order valence-corrected chi connectivity index (χ0v) is 17.6. The second-order valence-corrected chi connectivity index (χ2v) is 7.84. The average molecular weight is 382 g/mol. The Kier molecular flexibility index (Phi) is 13.1. The van der Waals surface area contributed by atoms with E-state index < -0.39 is 0 Å². The molecule has 3 heteroatoms. The number of benzene rings is 1. The lowest BCUT2D eigenvalue weighted by Crippen LogP contribution is -2.31. The molecule has 1 aliphatic rings. The quantitative estimate of drug-likeness (QED) is 0.415. The maximum absolute atomic E-state index is 9.43. The number of nitrogens with zero attached hydrogens (tertiary/aromatic N) is 1. The third kappa shape index (κ3) is 8.88. The molecule has 0 radical (unpaired) electrons. The van der Waals surface area contributed by atoms with Crippen LogP contribution < -0.4 is 0 Å². The monoisotopic (exact) mass is 381 g/mol. The van der Waals surface area contributed by atoms with Crippen molar-refractivity contribution in [2.75, 3.05) is 13.2 Å². The first kappa shape index (κ1) is 23.5. The molecule has 2 rings (SSSR count). The van der Waals surface area contributed by atoms with Gasteiger partial charge in [-0.05, 0) is 43.4 Å². The van der Waals surface area contributed by atoms with E-state index in [-0.39, 0.29) is 12.4 Å². The summed E-state index contributed by atoms with van der Waals surface area (Å²) in [6.45, 7) is 4.70. The molecule has 1 heterocycles. The van der Waals surface area contributed by atoms with Gasteiger partial charge in [-0.15, -0.1) is 12.4 Å². The van der Waals surface area contributed by atoms with Crippen LogP contribution in [-0.2, 0) is 13.0 Å². The molecule has 0 amide bonds. The summed E-state index contributed by atoms with van der Waals surface area (Å²) >= 11 is 0. The van der Waals surface area contributed by atoms with Crippen LogP contribution in [0.15, 0.2) is 24.3 Å². The number of halogens is 1. The van der Waals surface area contributed by atoms with Crippen LogP contribution in [0.1, 0.15) is 88.7 Å². The van der Waals surface area contributed by atoms with Gasteiger partial charge in [0.1, 0.15) is 0 Å². The highest BCUT2D eigenvalue weighted by Crippen LogP contribution is 2.20. The van der Waals surface area contributed by atoms with Gasteiger partial charge in [0.2, 0.25) is 0 Å². The summed E-state index contributed by atoms with van der Waals surface area (Å²) in [6, 6.07) is 9.57. The third-order valence-corrected chi connectivity index (χ3v) is 5.69. The zero-order valence-electron chi connectivity index (χ0n) is 16.8. The van der Waals surface area contributed by atoms with Crippen LogP contribution in [0.4, 0.5) is 0 Å². The van der Waals surface area contributed by atoms with E-state index in [9.17, 15) is 5.11 Å². The van der Waals surface area contributed by atoms with Crippen LogP contribution >= 0.6 is 12.4 Å². The Morgan fingerprint density at radius 2 is 1.46 bits per heavy atom. The smallest absolute Gasteiger partial charge is 0.0587 e. The molecule has 1 N–H and O–H groups in total. The van der Waals surface area contributed by atoms with Crippen molar-refractivity contribution in [3.05, 3.63) is 35.4 Å². The standard InChI is InChI=1S/C23H39NO.ClH/c1-2-3-4-5-6-7-8-9-10-12-21-14-16-22(17-15-21)19-24-18-11-13-23(24)20-25;/h14-17,23,25H,2-13,18-20H2,1H3;1H/t23-;/m1./s1. The van der Waals surface area contributed by atoms with Gasteiger partial charge in [0.05, 0.1) is 6.61 Å². The number of aliphatic hydroxyl groups is 1. The van der Waals surface area contributed by atoms with Gasteiger partial charge in [0, 0.05) is 12.6 Å². The van der Waals surface area contributed by atoms with Crippen molar-refractivity contribution in [3.8, 4) is 0 Å². The Bertz CT molecular complexity index is 448. The molecule has 26 heavy (non-hydrogen) atoms. The van der Waals surface area contributed by atoms with Gasteiger partial charge in [0.25, 0.3) is 0 Å². The molecule has 0 bridgehead atoms. The molecule has 1 aliphatic heterocycles. The molecule has 2 nitrogen and oxygen atoms in total. The Hall–Kier alpha value is -0.570. The molecule has 0 saturated carbocycles. The SMILES string of the molecule is CCCCCCCCCCCc1ccc(CN2CCC[C@@H]2CO)cc1.Cl. The lowest BCUT2D eigenvalue weighted by atomic mass is 10.0. The molecule has 0 spiro atoms. The maximum atomic E-state index is 9.43.